The predicted octanol–water partition coefficient (Wildman–Crippen LogP) is 4.64. The van der Waals surface area contributed by atoms with Gasteiger partial charge in [-0.2, -0.15) is 0 Å². The summed E-state index contributed by atoms with van der Waals surface area (Å²) in [6.45, 7) is 3.99. The highest BCUT2D eigenvalue weighted by molar-refractivity contribution is 6.30. The van der Waals surface area contributed by atoms with Gasteiger partial charge in [0.25, 0.3) is 0 Å². The first-order valence-corrected chi connectivity index (χ1v) is 9.11. The van der Waals surface area contributed by atoms with Crippen molar-refractivity contribution >= 4 is 23.3 Å². The van der Waals surface area contributed by atoms with Crippen LogP contribution >= 0.6 is 11.6 Å². The van der Waals surface area contributed by atoms with Crippen molar-refractivity contribution in [3.8, 4) is 11.3 Å². The van der Waals surface area contributed by atoms with Crippen LogP contribution in [0.4, 0.5) is 0 Å². The summed E-state index contributed by atoms with van der Waals surface area (Å²) in [7, 11) is 0. The van der Waals surface area contributed by atoms with Gasteiger partial charge < -0.3 is 9.88 Å². The van der Waals surface area contributed by atoms with Gasteiger partial charge >= 0.3 is 0 Å². The summed E-state index contributed by atoms with van der Waals surface area (Å²) in [4.78, 5) is 24.5. The Hall–Kier alpha value is -2.85. The second kappa shape index (κ2) is 8.23. The topological polar surface area (TPSA) is 51.1 Å². The average molecular weight is 381 g/mol. The Kier molecular flexibility index (Phi) is 5.77. The zero-order chi connectivity index (χ0) is 19.4. The molecule has 1 N–H and O–H groups in total. The van der Waals surface area contributed by atoms with Crippen molar-refractivity contribution in [1.29, 1.82) is 0 Å². The number of benzene rings is 2. The lowest BCUT2D eigenvalue weighted by atomic mass is 10.1. The predicted molar refractivity (Wildman–Crippen MR) is 108 cm³/mol. The van der Waals surface area contributed by atoms with Crippen LogP contribution in [0.3, 0.4) is 0 Å². The number of amides is 1. The van der Waals surface area contributed by atoms with Crippen molar-refractivity contribution in [3.05, 3.63) is 82.5 Å². The summed E-state index contributed by atoms with van der Waals surface area (Å²) in [5.41, 5.74) is 4.24. The summed E-state index contributed by atoms with van der Waals surface area (Å²) in [5, 5.41) is 3.59. The second-order valence-electron chi connectivity index (χ2n) is 6.44. The van der Waals surface area contributed by atoms with E-state index in [1.807, 2.05) is 60.0 Å². The first-order valence-electron chi connectivity index (χ1n) is 8.73. The lowest BCUT2D eigenvalue weighted by Crippen LogP contribution is -2.27. The number of carbonyl (C=O) groups is 2. The van der Waals surface area contributed by atoms with Crippen LogP contribution in [0.5, 0.6) is 0 Å². The largest absolute Gasteiger partial charge is 0.350 e. The minimum Gasteiger partial charge on any atom is -0.350 e. The number of ketones is 1. The van der Waals surface area contributed by atoms with Crippen LogP contribution in [0.25, 0.3) is 11.3 Å². The monoisotopic (exact) mass is 380 g/mol. The first-order chi connectivity index (χ1) is 13.0. The molecule has 0 unspecified atom stereocenters. The van der Waals surface area contributed by atoms with E-state index in [9.17, 15) is 9.59 Å². The molecule has 0 radical (unpaired) electrons. The molecule has 0 fully saturated rings. The van der Waals surface area contributed by atoms with Crippen LogP contribution in [-0.4, -0.2) is 16.3 Å². The van der Waals surface area contributed by atoms with Gasteiger partial charge in [-0.05, 0) is 43.2 Å². The second-order valence-corrected chi connectivity index (χ2v) is 6.88. The number of hydrogen-bond donors (Lipinski definition) is 1. The molecule has 4 nitrogen and oxygen atoms in total. The quantitative estimate of drug-likeness (QED) is 0.633. The number of halogens is 1. The molecule has 0 saturated heterocycles. The molecule has 1 aromatic heterocycles. The number of carbonyl (C=O) groups excluding carboxylic acids is 2. The Labute approximate surface area is 163 Å². The molecule has 0 atom stereocenters. The van der Waals surface area contributed by atoms with Crippen molar-refractivity contribution < 1.29 is 9.59 Å². The smallest absolute Gasteiger partial charge is 0.240 e. The summed E-state index contributed by atoms with van der Waals surface area (Å²) in [6.07, 6.45) is 0. The molecule has 0 aliphatic rings. The molecule has 1 amide bonds. The molecule has 0 saturated carbocycles. The van der Waals surface area contributed by atoms with Gasteiger partial charge in [0.1, 0.15) is 6.54 Å². The van der Waals surface area contributed by atoms with E-state index in [0.29, 0.717) is 17.1 Å². The maximum absolute atomic E-state index is 12.5. The van der Waals surface area contributed by atoms with E-state index >= 15 is 0 Å². The van der Waals surface area contributed by atoms with Crippen molar-refractivity contribution in [1.82, 2.24) is 9.88 Å². The summed E-state index contributed by atoms with van der Waals surface area (Å²) in [5.74, 6) is -0.124. The van der Waals surface area contributed by atoms with Crippen LogP contribution in [-0.2, 0) is 17.9 Å². The van der Waals surface area contributed by atoms with Gasteiger partial charge in [0, 0.05) is 28.5 Å². The van der Waals surface area contributed by atoms with E-state index in [1.54, 1.807) is 19.1 Å². The van der Waals surface area contributed by atoms with Gasteiger partial charge in [-0.25, -0.2) is 0 Å². The van der Waals surface area contributed by atoms with Gasteiger partial charge in [-0.15, -0.1) is 0 Å². The SMILES string of the molecule is CC(=O)c1cc(-c2ccccc2)n(CC(=O)NCc2ccc(Cl)cc2)c1C. The fourth-order valence-electron chi connectivity index (χ4n) is 3.06. The van der Waals surface area contributed by atoms with E-state index in [1.165, 1.54) is 0 Å². The van der Waals surface area contributed by atoms with Crippen molar-refractivity contribution in [2.45, 2.75) is 26.9 Å². The lowest BCUT2D eigenvalue weighted by Gasteiger charge is -2.12. The van der Waals surface area contributed by atoms with Crippen LogP contribution < -0.4 is 5.32 Å². The average Bonchev–Trinajstić information content (AvgIpc) is 2.99. The minimum absolute atomic E-state index is 0.00926. The van der Waals surface area contributed by atoms with Crippen LogP contribution in [0.2, 0.25) is 5.02 Å². The Morgan fingerprint density at radius 2 is 1.70 bits per heavy atom. The fourth-order valence-corrected chi connectivity index (χ4v) is 3.18. The molecule has 0 aliphatic heterocycles. The first kappa shape index (κ1) is 18.9. The molecule has 2 aromatic carbocycles. The lowest BCUT2D eigenvalue weighted by molar-refractivity contribution is -0.121. The summed E-state index contributed by atoms with van der Waals surface area (Å²) < 4.78 is 1.89. The molecule has 0 bridgehead atoms. The Morgan fingerprint density at radius 1 is 1.04 bits per heavy atom. The Bertz CT molecular complexity index is 960. The number of hydrogen-bond acceptors (Lipinski definition) is 2. The van der Waals surface area contributed by atoms with Crippen LogP contribution in [0.1, 0.15) is 28.5 Å². The maximum Gasteiger partial charge on any atom is 0.240 e. The highest BCUT2D eigenvalue weighted by Crippen LogP contribution is 2.26. The molecule has 0 spiro atoms. The normalized spacial score (nSPS) is 10.6. The van der Waals surface area contributed by atoms with Gasteiger partial charge in [0.15, 0.2) is 5.78 Å². The van der Waals surface area contributed by atoms with E-state index in [-0.39, 0.29) is 18.2 Å². The Morgan fingerprint density at radius 3 is 2.33 bits per heavy atom. The molecule has 138 valence electrons. The zero-order valence-corrected chi connectivity index (χ0v) is 16.1. The van der Waals surface area contributed by atoms with Gasteiger partial charge in [-0.3, -0.25) is 9.59 Å². The van der Waals surface area contributed by atoms with E-state index in [2.05, 4.69) is 5.32 Å². The highest BCUT2D eigenvalue weighted by atomic mass is 35.5. The number of nitrogens with zero attached hydrogens (tertiary/aromatic N) is 1. The van der Waals surface area contributed by atoms with Crippen LogP contribution in [0.15, 0.2) is 60.7 Å². The van der Waals surface area contributed by atoms with Gasteiger partial charge in [0.2, 0.25) is 5.91 Å². The molecule has 27 heavy (non-hydrogen) atoms. The molecule has 3 rings (SSSR count). The van der Waals surface area contributed by atoms with Crippen molar-refractivity contribution in [3.63, 3.8) is 0 Å². The molecule has 5 heteroatoms. The van der Waals surface area contributed by atoms with Gasteiger partial charge in [0.05, 0.1) is 0 Å². The maximum atomic E-state index is 12.5. The zero-order valence-electron chi connectivity index (χ0n) is 15.3. The highest BCUT2D eigenvalue weighted by Gasteiger charge is 2.17. The molecular formula is C22H21ClN2O2. The standard InChI is InChI=1S/C22H21ClN2O2/c1-15-20(16(2)26)12-21(18-6-4-3-5-7-18)25(15)14-22(27)24-13-17-8-10-19(23)11-9-17/h3-12H,13-14H2,1-2H3,(H,24,27). The summed E-state index contributed by atoms with van der Waals surface area (Å²) in [6, 6.07) is 19.0. The third-order valence-corrected chi connectivity index (χ3v) is 4.77. The summed E-state index contributed by atoms with van der Waals surface area (Å²) >= 11 is 5.88. The number of Topliss-reactive ketones (excluding diaryl/α,β-unsaturated/α-hetero) is 1. The number of nitrogens with one attached hydrogen (secondary N) is 1. The molecule has 1 heterocycles. The Balaban J connectivity index is 1.81. The van der Waals surface area contributed by atoms with Gasteiger partial charge in [-0.1, -0.05) is 54.1 Å². The fraction of sp³-hybridized carbons (Fsp3) is 0.182. The minimum atomic E-state index is -0.115. The molecule has 3 aromatic rings. The van der Waals surface area contributed by atoms with E-state index < -0.39 is 0 Å². The number of aromatic nitrogens is 1. The van der Waals surface area contributed by atoms with E-state index in [0.717, 1.165) is 22.5 Å². The van der Waals surface area contributed by atoms with Crippen molar-refractivity contribution in [2.75, 3.05) is 0 Å². The third kappa shape index (κ3) is 4.47. The van der Waals surface area contributed by atoms with E-state index in [4.69, 9.17) is 11.6 Å². The molecular weight excluding hydrogens is 360 g/mol. The van der Waals surface area contributed by atoms with Crippen molar-refractivity contribution in [2.24, 2.45) is 0 Å². The number of rotatable bonds is 6. The molecule has 0 aliphatic carbocycles. The third-order valence-electron chi connectivity index (χ3n) is 4.52. The van der Waals surface area contributed by atoms with Crippen LogP contribution in [0, 0.1) is 6.92 Å².